The molecule has 0 unspecified atom stereocenters. The number of pyridine rings is 1. The van der Waals surface area contributed by atoms with Crippen molar-refractivity contribution in [3.8, 4) is 0 Å². The zero-order valence-electron chi connectivity index (χ0n) is 10.00. The largest absolute Gasteiger partial charge is 0.481 e. The highest BCUT2D eigenvalue weighted by molar-refractivity contribution is 8.00. The highest BCUT2D eigenvalue weighted by Crippen LogP contribution is 2.38. The molecule has 2 heterocycles. The maximum Gasteiger partial charge on any atom is 0.305 e. The maximum absolute atomic E-state index is 12.2. The molecule has 0 aliphatic carbocycles. The SMILES string of the molecule is CCCN1C(=O)[C@H](CC(=O)O)Sc2ncccc21. The van der Waals surface area contributed by atoms with E-state index in [2.05, 4.69) is 4.98 Å². The fraction of sp³-hybridized carbons (Fsp3) is 0.417. The molecule has 1 amide bonds. The molecule has 1 aliphatic heterocycles. The van der Waals surface area contributed by atoms with Crippen LogP contribution in [0.25, 0.3) is 0 Å². The standard InChI is InChI=1S/C12H14N2O3S/c1-2-6-14-8-4-3-5-13-11(8)18-9(12(14)17)7-10(15)16/h3-5,9H,2,6-7H2,1H3,(H,15,16)/t9-/m0/s1. The summed E-state index contributed by atoms with van der Waals surface area (Å²) in [5.41, 5.74) is 0.788. The minimum Gasteiger partial charge on any atom is -0.481 e. The van der Waals surface area contributed by atoms with Gasteiger partial charge >= 0.3 is 5.97 Å². The monoisotopic (exact) mass is 266 g/mol. The van der Waals surface area contributed by atoms with Gasteiger partial charge in [-0.2, -0.15) is 0 Å². The molecule has 0 saturated heterocycles. The third-order valence-corrected chi connectivity index (χ3v) is 3.84. The van der Waals surface area contributed by atoms with E-state index in [4.69, 9.17) is 5.11 Å². The van der Waals surface area contributed by atoms with Gasteiger partial charge in [0.25, 0.3) is 0 Å². The number of carboxylic acid groups (broad SMARTS) is 1. The van der Waals surface area contributed by atoms with Crippen LogP contribution in [0.1, 0.15) is 19.8 Å². The molecule has 0 bridgehead atoms. The van der Waals surface area contributed by atoms with Gasteiger partial charge in [-0.1, -0.05) is 18.7 Å². The number of aromatic nitrogens is 1. The second-order valence-electron chi connectivity index (χ2n) is 4.02. The van der Waals surface area contributed by atoms with Gasteiger partial charge in [0, 0.05) is 12.7 Å². The molecule has 1 atom stereocenters. The first-order valence-corrected chi connectivity index (χ1v) is 6.66. The van der Waals surface area contributed by atoms with Gasteiger partial charge in [0.05, 0.1) is 12.1 Å². The van der Waals surface area contributed by atoms with E-state index in [-0.39, 0.29) is 12.3 Å². The fourth-order valence-electron chi connectivity index (χ4n) is 1.90. The quantitative estimate of drug-likeness (QED) is 0.899. The van der Waals surface area contributed by atoms with Crippen LogP contribution in [0, 0.1) is 0 Å². The molecule has 1 aliphatic rings. The third kappa shape index (κ3) is 2.48. The first-order chi connectivity index (χ1) is 8.63. The van der Waals surface area contributed by atoms with Crippen molar-refractivity contribution in [2.45, 2.75) is 30.0 Å². The lowest BCUT2D eigenvalue weighted by Gasteiger charge is -2.32. The number of amides is 1. The number of carbonyl (C=O) groups excluding carboxylic acids is 1. The number of hydrogen-bond acceptors (Lipinski definition) is 4. The molecule has 0 fully saturated rings. The Hall–Kier alpha value is -1.56. The maximum atomic E-state index is 12.2. The zero-order chi connectivity index (χ0) is 13.1. The summed E-state index contributed by atoms with van der Waals surface area (Å²) in [7, 11) is 0. The molecule has 0 radical (unpaired) electrons. The molecule has 0 aromatic carbocycles. The summed E-state index contributed by atoms with van der Waals surface area (Å²) < 4.78 is 0. The summed E-state index contributed by atoms with van der Waals surface area (Å²) in [5, 5.41) is 9.00. The van der Waals surface area contributed by atoms with E-state index in [0.717, 1.165) is 17.1 Å². The van der Waals surface area contributed by atoms with Crippen LogP contribution < -0.4 is 4.90 Å². The molecule has 0 spiro atoms. The third-order valence-electron chi connectivity index (χ3n) is 2.64. The zero-order valence-corrected chi connectivity index (χ0v) is 10.8. The van der Waals surface area contributed by atoms with Crippen LogP contribution in [0.5, 0.6) is 0 Å². The van der Waals surface area contributed by atoms with Crippen molar-refractivity contribution in [3.63, 3.8) is 0 Å². The fourth-order valence-corrected chi connectivity index (χ4v) is 3.04. The smallest absolute Gasteiger partial charge is 0.305 e. The predicted octanol–water partition coefficient (Wildman–Crippen LogP) is 1.77. The molecule has 6 heteroatoms. The van der Waals surface area contributed by atoms with Crippen molar-refractivity contribution in [3.05, 3.63) is 18.3 Å². The van der Waals surface area contributed by atoms with E-state index in [1.807, 2.05) is 13.0 Å². The Morgan fingerprint density at radius 1 is 1.61 bits per heavy atom. The summed E-state index contributed by atoms with van der Waals surface area (Å²) in [6.07, 6.45) is 2.31. The summed E-state index contributed by atoms with van der Waals surface area (Å²) >= 11 is 1.24. The molecule has 1 aromatic heterocycles. The molecule has 5 nitrogen and oxygen atoms in total. The van der Waals surface area contributed by atoms with Crippen molar-refractivity contribution in [2.75, 3.05) is 11.4 Å². The molecule has 1 aromatic rings. The average Bonchev–Trinajstić information content (AvgIpc) is 2.34. The summed E-state index contributed by atoms with van der Waals surface area (Å²) in [5.74, 6) is -1.10. The number of nitrogens with zero attached hydrogens (tertiary/aromatic N) is 2. The average molecular weight is 266 g/mol. The minimum atomic E-state index is -0.961. The highest BCUT2D eigenvalue weighted by atomic mass is 32.2. The number of aliphatic carboxylic acids is 1. The van der Waals surface area contributed by atoms with Gasteiger partial charge in [-0.15, -0.1) is 0 Å². The Labute approximate surface area is 109 Å². The highest BCUT2D eigenvalue weighted by Gasteiger charge is 2.35. The number of rotatable bonds is 4. The lowest BCUT2D eigenvalue weighted by molar-refractivity contribution is -0.138. The van der Waals surface area contributed by atoms with Crippen molar-refractivity contribution in [1.82, 2.24) is 4.98 Å². The van der Waals surface area contributed by atoms with Crippen molar-refractivity contribution < 1.29 is 14.7 Å². The molecule has 0 saturated carbocycles. The minimum absolute atomic E-state index is 0.134. The van der Waals surface area contributed by atoms with Crippen LogP contribution in [-0.2, 0) is 9.59 Å². The molecule has 18 heavy (non-hydrogen) atoms. The van der Waals surface area contributed by atoms with Gasteiger partial charge in [-0.3, -0.25) is 9.59 Å². The molecule has 1 N–H and O–H groups in total. The second kappa shape index (κ2) is 5.39. The van der Waals surface area contributed by atoms with Crippen LogP contribution in [-0.4, -0.2) is 33.8 Å². The van der Waals surface area contributed by atoms with Crippen molar-refractivity contribution in [1.29, 1.82) is 0 Å². The lowest BCUT2D eigenvalue weighted by atomic mass is 10.2. The molecule has 2 rings (SSSR count). The van der Waals surface area contributed by atoms with Gasteiger partial charge in [0.2, 0.25) is 5.91 Å². The van der Waals surface area contributed by atoms with Crippen molar-refractivity contribution >= 4 is 29.3 Å². The van der Waals surface area contributed by atoms with Gasteiger partial charge in [-0.05, 0) is 18.6 Å². The summed E-state index contributed by atoms with van der Waals surface area (Å²) in [4.78, 5) is 28.9. The second-order valence-corrected chi connectivity index (χ2v) is 5.21. The number of thioether (sulfide) groups is 1. The number of carbonyl (C=O) groups is 2. The number of anilines is 1. The van der Waals surface area contributed by atoms with E-state index in [0.29, 0.717) is 6.54 Å². The van der Waals surface area contributed by atoms with E-state index >= 15 is 0 Å². The van der Waals surface area contributed by atoms with Gasteiger partial charge in [0.15, 0.2) is 0 Å². The van der Waals surface area contributed by atoms with Crippen LogP contribution in [0.3, 0.4) is 0 Å². The number of hydrogen-bond donors (Lipinski definition) is 1. The summed E-state index contributed by atoms with van der Waals surface area (Å²) in [6.45, 7) is 2.57. The Morgan fingerprint density at radius 3 is 3.06 bits per heavy atom. The van der Waals surface area contributed by atoms with Gasteiger partial charge in [-0.25, -0.2) is 4.98 Å². The Morgan fingerprint density at radius 2 is 2.39 bits per heavy atom. The van der Waals surface area contributed by atoms with E-state index in [1.54, 1.807) is 17.2 Å². The lowest BCUT2D eigenvalue weighted by Crippen LogP contribution is -2.42. The number of carboxylic acids is 1. The number of fused-ring (bicyclic) bond motifs is 1. The first kappa shape index (κ1) is 12.9. The van der Waals surface area contributed by atoms with Crippen LogP contribution in [0.4, 0.5) is 5.69 Å². The van der Waals surface area contributed by atoms with E-state index in [1.165, 1.54) is 11.8 Å². The topological polar surface area (TPSA) is 70.5 Å². The first-order valence-electron chi connectivity index (χ1n) is 5.78. The Bertz CT molecular complexity index is 478. The van der Waals surface area contributed by atoms with Crippen molar-refractivity contribution in [2.24, 2.45) is 0 Å². The van der Waals surface area contributed by atoms with Gasteiger partial charge in [0.1, 0.15) is 10.3 Å². The van der Waals surface area contributed by atoms with Gasteiger partial charge < -0.3 is 10.0 Å². The van der Waals surface area contributed by atoms with Crippen LogP contribution in [0.2, 0.25) is 0 Å². The van der Waals surface area contributed by atoms with E-state index in [9.17, 15) is 9.59 Å². The normalized spacial score (nSPS) is 18.6. The Kier molecular flexibility index (Phi) is 3.86. The Balaban J connectivity index is 2.33. The van der Waals surface area contributed by atoms with E-state index < -0.39 is 11.2 Å². The molecular weight excluding hydrogens is 252 g/mol. The molecular formula is C12H14N2O3S. The van der Waals surface area contributed by atoms with Crippen LogP contribution in [0.15, 0.2) is 23.4 Å². The predicted molar refractivity (Wildman–Crippen MR) is 68.8 cm³/mol. The summed E-state index contributed by atoms with van der Waals surface area (Å²) in [6, 6.07) is 3.63. The molecule has 96 valence electrons. The van der Waals surface area contributed by atoms with Crippen LogP contribution >= 0.6 is 11.8 Å².